The lowest BCUT2D eigenvalue weighted by atomic mass is 10.2. The molecule has 2 aromatic carbocycles. The molecule has 2 aromatic rings. The molecule has 0 radical (unpaired) electrons. The predicted molar refractivity (Wildman–Crippen MR) is 75.3 cm³/mol. The second kappa shape index (κ2) is 6.34. The Balaban J connectivity index is 2.28. The largest absolute Gasteiger partial charge is 0.212 e. The summed E-state index contributed by atoms with van der Waals surface area (Å²) in [7, 11) is -0.442. The van der Waals surface area contributed by atoms with E-state index in [1.807, 2.05) is 60.8 Å². The first-order valence-corrected chi connectivity index (χ1v) is 7.13. The smallest absolute Gasteiger partial charge is 0.170 e. The van der Waals surface area contributed by atoms with Gasteiger partial charge >= 0.3 is 0 Å². The van der Waals surface area contributed by atoms with Crippen molar-refractivity contribution in [3.8, 4) is 6.19 Å². The maximum absolute atomic E-state index is 8.79. The number of hydrogen-bond donors (Lipinski definition) is 0. The third-order valence-electron chi connectivity index (χ3n) is 2.38. The molecule has 1 unspecified atom stereocenters. The Bertz CT molecular complexity index is 585. The summed E-state index contributed by atoms with van der Waals surface area (Å²) in [5.41, 5.74) is 1.18. The number of hydrogen-bond acceptors (Lipinski definition) is 2. The first-order chi connectivity index (χ1) is 8.79. The minimum Gasteiger partial charge on any atom is -0.170 e. The molecular weight excluding hydrogens is 264 g/mol. The monoisotopic (exact) mass is 274 g/mol. The molecule has 0 aliphatic heterocycles. The zero-order valence-electron chi connectivity index (χ0n) is 9.58. The molecule has 0 spiro atoms. The number of rotatable bonds is 3. The molecule has 0 saturated carbocycles. The Labute approximate surface area is 114 Å². The standard InChI is InChI=1S/C14H11ClN2S/c15-13-6-8-14(9-7-13)18(17-11-16)10-12-4-2-1-3-5-12/h1-9H,10H2. The van der Waals surface area contributed by atoms with E-state index in [1.165, 1.54) is 5.56 Å². The second-order valence-corrected chi connectivity index (χ2v) is 5.75. The lowest BCUT2D eigenvalue weighted by molar-refractivity contribution is 1.35. The van der Waals surface area contributed by atoms with Gasteiger partial charge in [-0.2, -0.15) is 5.26 Å². The van der Waals surface area contributed by atoms with Gasteiger partial charge in [0.25, 0.3) is 0 Å². The Morgan fingerprint density at radius 1 is 1.06 bits per heavy atom. The summed E-state index contributed by atoms with van der Waals surface area (Å²) in [6.45, 7) is 0. The maximum Gasteiger partial charge on any atom is 0.212 e. The summed E-state index contributed by atoms with van der Waals surface area (Å²) in [4.78, 5) is 1.03. The van der Waals surface area contributed by atoms with Crippen LogP contribution in [-0.4, -0.2) is 0 Å². The van der Waals surface area contributed by atoms with Crippen molar-refractivity contribution < 1.29 is 0 Å². The molecule has 0 saturated heterocycles. The molecule has 0 aliphatic carbocycles. The summed E-state index contributed by atoms with van der Waals surface area (Å²) in [6, 6.07) is 17.6. The minimum atomic E-state index is -0.442. The number of benzene rings is 2. The highest BCUT2D eigenvalue weighted by molar-refractivity contribution is 7.86. The van der Waals surface area contributed by atoms with Crippen LogP contribution in [0.4, 0.5) is 0 Å². The fourth-order valence-corrected chi connectivity index (χ4v) is 3.06. The Morgan fingerprint density at radius 3 is 2.33 bits per heavy atom. The molecule has 4 heteroatoms. The molecule has 90 valence electrons. The van der Waals surface area contributed by atoms with E-state index in [0.717, 1.165) is 10.6 Å². The minimum absolute atomic E-state index is 0.442. The highest BCUT2D eigenvalue weighted by atomic mass is 35.5. The molecule has 0 amide bonds. The van der Waals surface area contributed by atoms with Crippen LogP contribution in [0.2, 0.25) is 5.02 Å². The van der Waals surface area contributed by atoms with Gasteiger partial charge in [-0.1, -0.05) is 41.9 Å². The molecule has 1 atom stereocenters. The zero-order chi connectivity index (χ0) is 12.8. The fourth-order valence-electron chi connectivity index (χ4n) is 1.54. The zero-order valence-corrected chi connectivity index (χ0v) is 11.2. The number of halogens is 1. The summed E-state index contributed by atoms with van der Waals surface area (Å²) >= 11 is 5.86. The van der Waals surface area contributed by atoms with Gasteiger partial charge in [0.2, 0.25) is 6.19 Å². The molecule has 2 rings (SSSR count). The van der Waals surface area contributed by atoms with Crippen LogP contribution in [0.25, 0.3) is 0 Å². The highest BCUT2D eigenvalue weighted by Gasteiger charge is 2.03. The normalized spacial score (nSPS) is 12.0. The van der Waals surface area contributed by atoms with E-state index in [1.54, 1.807) is 0 Å². The molecular formula is C14H11ClN2S. The van der Waals surface area contributed by atoms with Crippen molar-refractivity contribution in [2.75, 3.05) is 0 Å². The molecule has 0 fully saturated rings. The van der Waals surface area contributed by atoms with Gasteiger partial charge in [0, 0.05) is 15.7 Å². The molecule has 0 N–H and O–H groups in total. The summed E-state index contributed by atoms with van der Waals surface area (Å²) < 4.78 is 4.01. The van der Waals surface area contributed by atoms with E-state index >= 15 is 0 Å². The van der Waals surface area contributed by atoms with Crippen LogP contribution in [-0.2, 0) is 16.4 Å². The van der Waals surface area contributed by atoms with Crippen LogP contribution in [0.3, 0.4) is 0 Å². The molecule has 18 heavy (non-hydrogen) atoms. The van der Waals surface area contributed by atoms with Crippen molar-refractivity contribution in [2.24, 2.45) is 4.36 Å². The average Bonchev–Trinajstić information content (AvgIpc) is 2.40. The molecule has 0 aliphatic rings. The van der Waals surface area contributed by atoms with Crippen molar-refractivity contribution in [3.05, 3.63) is 65.2 Å². The lowest BCUT2D eigenvalue weighted by Crippen LogP contribution is -1.95. The van der Waals surface area contributed by atoms with Crippen molar-refractivity contribution >= 4 is 22.3 Å². The van der Waals surface area contributed by atoms with Crippen molar-refractivity contribution in [1.82, 2.24) is 0 Å². The van der Waals surface area contributed by atoms with Gasteiger partial charge < -0.3 is 0 Å². The quantitative estimate of drug-likeness (QED) is 0.774. The number of nitriles is 1. The topological polar surface area (TPSA) is 36.1 Å². The van der Waals surface area contributed by atoms with Crippen LogP contribution in [0, 0.1) is 11.5 Å². The first kappa shape index (κ1) is 12.8. The van der Waals surface area contributed by atoms with Crippen LogP contribution >= 0.6 is 11.6 Å². The average molecular weight is 275 g/mol. The van der Waals surface area contributed by atoms with E-state index in [4.69, 9.17) is 16.9 Å². The molecule has 0 heterocycles. The van der Waals surface area contributed by atoms with Crippen LogP contribution in [0.15, 0.2) is 63.9 Å². The second-order valence-electron chi connectivity index (χ2n) is 3.64. The lowest BCUT2D eigenvalue weighted by Gasteiger charge is -2.06. The Kier molecular flexibility index (Phi) is 4.52. The van der Waals surface area contributed by atoms with Gasteiger partial charge in [-0.3, -0.25) is 0 Å². The Hall–Kier alpha value is -1.63. The molecule has 0 aromatic heterocycles. The van der Waals surface area contributed by atoms with Crippen molar-refractivity contribution in [3.63, 3.8) is 0 Å². The third-order valence-corrected chi connectivity index (χ3v) is 4.36. The van der Waals surface area contributed by atoms with Crippen molar-refractivity contribution in [1.29, 1.82) is 5.26 Å². The van der Waals surface area contributed by atoms with Crippen LogP contribution < -0.4 is 0 Å². The van der Waals surface area contributed by atoms with E-state index < -0.39 is 10.7 Å². The van der Waals surface area contributed by atoms with E-state index in [2.05, 4.69) is 4.36 Å². The summed E-state index contributed by atoms with van der Waals surface area (Å²) in [5, 5.41) is 9.49. The summed E-state index contributed by atoms with van der Waals surface area (Å²) in [6.07, 6.45) is 1.91. The fraction of sp³-hybridized carbons (Fsp3) is 0.0714. The van der Waals surface area contributed by atoms with Gasteiger partial charge in [-0.15, -0.1) is 4.36 Å². The third kappa shape index (κ3) is 3.43. The summed E-state index contributed by atoms with van der Waals surface area (Å²) in [5.74, 6) is 0.746. The van der Waals surface area contributed by atoms with Crippen molar-refractivity contribution in [2.45, 2.75) is 10.6 Å². The number of nitrogens with zero attached hydrogens (tertiary/aromatic N) is 2. The molecule has 0 bridgehead atoms. The van der Waals surface area contributed by atoms with Crippen LogP contribution in [0.5, 0.6) is 0 Å². The van der Waals surface area contributed by atoms with E-state index in [9.17, 15) is 0 Å². The SMILES string of the molecule is N#CN=S(Cc1ccccc1)c1ccc(Cl)cc1. The highest BCUT2D eigenvalue weighted by Crippen LogP contribution is 2.17. The maximum atomic E-state index is 8.79. The van der Waals surface area contributed by atoms with Crippen LogP contribution in [0.1, 0.15) is 5.56 Å². The van der Waals surface area contributed by atoms with E-state index in [0.29, 0.717) is 5.02 Å². The predicted octanol–water partition coefficient (Wildman–Crippen LogP) is 4.18. The van der Waals surface area contributed by atoms with E-state index in [-0.39, 0.29) is 0 Å². The van der Waals surface area contributed by atoms with Gasteiger partial charge in [-0.25, -0.2) is 0 Å². The first-order valence-electron chi connectivity index (χ1n) is 5.40. The van der Waals surface area contributed by atoms with Gasteiger partial charge in [0.1, 0.15) is 0 Å². The Morgan fingerprint density at radius 2 is 1.72 bits per heavy atom. The van der Waals surface area contributed by atoms with Gasteiger partial charge in [0.05, 0.1) is 0 Å². The van der Waals surface area contributed by atoms with Gasteiger partial charge in [0.15, 0.2) is 0 Å². The van der Waals surface area contributed by atoms with Gasteiger partial charge in [-0.05, 0) is 40.5 Å². The molecule has 2 nitrogen and oxygen atoms in total.